The maximum atomic E-state index is 13.3. The second-order valence-electron chi connectivity index (χ2n) is 8.87. The zero-order valence-corrected chi connectivity index (χ0v) is 20.4. The number of hydrogen-bond donors (Lipinski definition) is 0. The SMILES string of the molecule is CCCN=C1S/C(=C\c2ccc(OC(=O)C(C)(C)C)c(C)c2)C(=O)N1c1ccccc1C. The van der Waals surface area contributed by atoms with E-state index in [1.54, 1.807) is 11.0 Å². The third-order valence-electron chi connectivity index (χ3n) is 4.95. The number of aliphatic imine (C=N–C) groups is 1. The largest absolute Gasteiger partial charge is 0.426 e. The number of rotatable bonds is 5. The molecule has 3 rings (SSSR count). The Labute approximate surface area is 194 Å². The van der Waals surface area contributed by atoms with E-state index in [0.29, 0.717) is 22.4 Å². The van der Waals surface area contributed by atoms with Crippen molar-refractivity contribution in [3.8, 4) is 5.75 Å². The van der Waals surface area contributed by atoms with Crippen molar-refractivity contribution in [1.82, 2.24) is 0 Å². The van der Waals surface area contributed by atoms with Crippen molar-refractivity contribution in [2.24, 2.45) is 10.4 Å². The molecule has 1 aliphatic heterocycles. The van der Waals surface area contributed by atoms with E-state index in [-0.39, 0.29) is 11.9 Å². The highest BCUT2D eigenvalue weighted by atomic mass is 32.2. The van der Waals surface area contributed by atoms with Crippen LogP contribution in [0.3, 0.4) is 0 Å². The summed E-state index contributed by atoms with van der Waals surface area (Å²) in [6, 6.07) is 13.4. The fourth-order valence-electron chi connectivity index (χ4n) is 3.09. The van der Waals surface area contributed by atoms with Crippen LogP contribution in [-0.4, -0.2) is 23.6 Å². The fourth-order valence-corrected chi connectivity index (χ4v) is 4.09. The second kappa shape index (κ2) is 9.74. The summed E-state index contributed by atoms with van der Waals surface area (Å²) in [6.07, 6.45) is 2.78. The average molecular weight is 451 g/mol. The molecule has 2 aromatic rings. The first-order chi connectivity index (χ1) is 15.1. The van der Waals surface area contributed by atoms with Crippen molar-refractivity contribution in [1.29, 1.82) is 0 Å². The molecule has 0 aliphatic carbocycles. The van der Waals surface area contributed by atoms with Crippen molar-refractivity contribution in [3.63, 3.8) is 0 Å². The summed E-state index contributed by atoms with van der Waals surface area (Å²) in [5.41, 5.74) is 3.00. The summed E-state index contributed by atoms with van der Waals surface area (Å²) in [5, 5.41) is 0.699. The molecular weight excluding hydrogens is 420 g/mol. The van der Waals surface area contributed by atoms with Crippen LogP contribution in [0.25, 0.3) is 6.08 Å². The lowest BCUT2D eigenvalue weighted by atomic mass is 9.97. The molecule has 1 heterocycles. The Kier molecular flexibility index (Phi) is 7.24. The van der Waals surface area contributed by atoms with E-state index < -0.39 is 5.41 Å². The molecule has 1 amide bonds. The zero-order valence-electron chi connectivity index (χ0n) is 19.6. The number of anilines is 1. The molecule has 0 N–H and O–H groups in total. The number of aryl methyl sites for hydroxylation is 2. The number of para-hydroxylation sites is 1. The Morgan fingerprint density at radius 3 is 2.47 bits per heavy atom. The van der Waals surface area contributed by atoms with Crippen molar-refractivity contribution >= 4 is 40.6 Å². The highest BCUT2D eigenvalue weighted by Gasteiger charge is 2.35. The summed E-state index contributed by atoms with van der Waals surface area (Å²) in [6.45, 7) is 12.1. The van der Waals surface area contributed by atoms with Gasteiger partial charge in [0.25, 0.3) is 5.91 Å². The summed E-state index contributed by atoms with van der Waals surface area (Å²) in [4.78, 5) is 32.5. The number of carbonyl (C=O) groups is 2. The first-order valence-corrected chi connectivity index (χ1v) is 11.6. The second-order valence-corrected chi connectivity index (χ2v) is 9.88. The number of benzene rings is 2. The number of amides is 1. The van der Waals surface area contributed by atoms with Gasteiger partial charge < -0.3 is 4.74 Å². The normalized spacial score (nSPS) is 16.8. The lowest BCUT2D eigenvalue weighted by Crippen LogP contribution is -2.29. The number of ether oxygens (including phenoxy) is 1. The first-order valence-electron chi connectivity index (χ1n) is 10.8. The number of esters is 1. The Morgan fingerprint density at radius 1 is 1.12 bits per heavy atom. The van der Waals surface area contributed by atoms with Crippen LogP contribution < -0.4 is 9.64 Å². The summed E-state index contributed by atoms with van der Waals surface area (Å²) < 4.78 is 5.55. The lowest BCUT2D eigenvalue weighted by Gasteiger charge is -2.18. The van der Waals surface area contributed by atoms with Gasteiger partial charge >= 0.3 is 5.97 Å². The maximum absolute atomic E-state index is 13.3. The van der Waals surface area contributed by atoms with Gasteiger partial charge in [-0.25, -0.2) is 0 Å². The van der Waals surface area contributed by atoms with Crippen molar-refractivity contribution < 1.29 is 14.3 Å². The molecule has 1 fully saturated rings. The molecule has 0 radical (unpaired) electrons. The predicted octanol–water partition coefficient (Wildman–Crippen LogP) is 6.14. The van der Waals surface area contributed by atoms with Gasteiger partial charge in [0.1, 0.15) is 5.75 Å². The standard InChI is InChI=1S/C26H30N2O3S/c1-7-14-27-25-28(20-11-9-8-10-17(20)2)23(29)22(32-25)16-19-12-13-21(18(3)15-19)31-24(30)26(4,5)6/h8-13,15-16H,7,14H2,1-6H3/b22-16-,27-25?. The Bertz CT molecular complexity index is 1100. The lowest BCUT2D eigenvalue weighted by molar-refractivity contribution is -0.143. The van der Waals surface area contributed by atoms with Crippen LogP contribution in [0.2, 0.25) is 0 Å². The maximum Gasteiger partial charge on any atom is 0.316 e. The van der Waals surface area contributed by atoms with E-state index in [4.69, 9.17) is 4.74 Å². The molecule has 0 spiro atoms. The van der Waals surface area contributed by atoms with E-state index in [9.17, 15) is 9.59 Å². The van der Waals surface area contributed by atoms with Crippen LogP contribution >= 0.6 is 11.8 Å². The number of nitrogens with zero attached hydrogens (tertiary/aromatic N) is 2. The van der Waals surface area contributed by atoms with E-state index in [2.05, 4.69) is 11.9 Å². The number of carbonyl (C=O) groups excluding carboxylic acids is 2. The molecule has 0 unspecified atom stereocenters. The number of thioether (sulfide) groups is 1. The van der Waals surface area contributed by atoms with Crippen LogP contribution in [0.15, 0.2) is 52.4 Å². The van der Waals surface area contributed by atoms with E-state index in [1.165, 1.54) is 11.8 Å². The molecule has 0 aromatic heterocycles. The van der Waals surface area contributed by atoms with E-state index >= 15 is 0 Å². The summed E-state index contributed by atoms with van der Waals surface area (Å²) in [5.74, 6) is 0.170. The highest BCUT2D eigenvalue weighted by molar-refractivity contribution is 8.19. The minimum Gasteiger partial charge on any atom is -0.426 e. The minimum atomic E-state index is -0.576. The van der Waals surface area contributed by atoms with Crippen molar-refractivity contribution in [3.05, 3.63) is 64.1 Å². The van der Waals surface area contributed by atoms with Crippen molar-refractivity contribution in [2.75, 3.05) is 11.4 Å². The zero-order chi connectivity index (χ0) is 23.5. The Hall–Kier alpha value is -2.86. The van der Waals surface area contributed by atoms with Crippen LogP contribution in [-0.2, 0) is 9.59 Å². The monoisotopic (exact) mass is 450 g/mol. The molecule has 2 aromatic carbocycles. The molecule has 6 heteroatoms. The molecule has 1 saturated heterocycles. The summed E-state index contributed by atoms with van der Waals surface area (Å²) >= 11 is 1.39. The van der Waals surface area contributed by atoms with Gasteiger partial charge in [-0.05, 0) is 93.8 Å². The summed E-state index contributed by atoms with van der Waals surface area (Å²) in [7, 11) is 0. The first kappa shape index (κ1) is 23.8. The topological polar surface area (TPSA) is 59.0 Å². The van der Waals surface area contributed by atoms with Gasteiger partial charge in [-0.15, -0.1) is 0 Å². The van der Waals surface area contributed by atoms with Gasteiger partial charge in [0, 0.05) is 6.54 Å². The molecule has 1 aliphatic rings. The van der Waals surface area contributed by atoms with E-state index in [0.717, 1.165) is 28.8 Å². The van der Waals surface area contributed by atoms with Gasteiger partial charge in [0.15, 0.2) is 5.17 Å². The smallest absolute Gasteiger partial charge is 0.316 e. The molecule has 0 saturated carbocycles. The predicted molar refractivity (Wildman–Crippen MR) is 133 cm³/mol. The van der Waals surface area contributed by atoms with Gasteiger partial charge in [-0.2, -0.15) is 0 Å². The third kappa shape index (κ3) is 5.30. The van der Waals surface area contributed by atoms with Crippen LogP contribution in [0.1, 0.15) is 50.8 Å². The molecule has 0 atom stereocenters. The quantitative estimate of drug-likeness (QED) is 0.312. The average Bonchev–Trinajstić information content (AvgIpc) is 3.03. The van der Waals surface area contributed by atoms with E-state index in [1.807, 2.05) is 77.1 Å². The van der Waals surface area contributed by atoms with Gasteiger partial charge in [-0.1, -0.05) is 31.2 Å². The van der Waals surface area contributed by atoms with Crippen LogP contribution in [0.4, 0.5) is 5.69 Å². The third-order valence-corrected chi connectivity index (χ3v) is 5.95. The fraction of sp³-hybridized carbons (Fsp3) is 0.346. The molecule has 32 heavy (non-hydrogen) atoms. The van der Waals surface area contributed by atoms with Crippen LogP contribution in [0, 0.1) is 19.3 Å². The number of amidine groups is 1. The Morgan fingerprint density at radius 2 is 1.84 bits per heavy atom. The molecule has 0 bridgehead atoms. The van der Waals surface area contributed by atoms with Crippen LogP contribution in [0.5, 0.6) is 5.75 Å². The molecular formula is C26H30N2O3S. The molecule has 168 valence electrons. The minimum absolute atomic E-state index is 0.0833. The van der Waals surface area contributed by atoms with Gasteiger partial charge in [-0.3, -0.25) is 19.5 Å². The highest BCUT2D eigenvalue weighted by Crippen LogP contribution is 2.37. The Balaban J connectivity index is 1.91. The molecule has 5 nitrogen and oxygen atoms in total. The van der Waals surface area contributed by atoms with Gasteiger partial charge in [0.05, 0.1) is 16.0 Å². The van der Waals surface area contributed by atoms with Gasteiger partial charge in [0.2, 0.25) is 0 Å². The number of hydrogen-bond acceptors (Lipinski definition) is 5. The van der Waals surface area contributed by atoms with Crippen molar-refractivity contribution in [2.45, 2.75) is 48.0 Å².